The molecule has 0 aliphatic heterocycles. The molecule has 0 bridgehead atoms. The summed E-state index contributed by atoms with van der Waals surface area (Å²) >= 11 is 5.94. The van der Waals surface area contributed by atoms with E-state index in [9.17, 15) is 9.59 Å². The minimum atomic E-state index is -0.690. The number of nitrogens with one attached hydrogen (secondary N) is 2. The Labute approximate surface area is 117 Å². The van der Waals surface area contributed by atoms with Gasteiger partial charge in [0.25, 0.3) is 5.91 Å². The van der Waals surface area contributed by atoms with Gasteiger partial charge in [0.15, 0.2) is 0 Å². The Hall–Kier alpha value is -1.75. The fourth-order valence-corrected chi connectivity index (χ4v) is 1.81. The summed E-state index contributed by atoms with van der Waals surface area (Å²) in [5, 5.41) is 5.53. The lowest BCUT2D eigenvalue weighted by atomic mass is 9.92. The summed E-state index contributed by atoms with van der Waals surface area (Å²) in [6.45, 7) is 3.71. The van der Waals surface area contributed by atoms with Crippen LogP contribution in [0.5, 0.6) is 0 Å². The highest BCUT2D eigenvalue weighted by atomic mass is 35.5. The topological polar surface area (TPSA) is 84.2 Å². The number of carbonyl (C=O) groups is 2. The Bertz CT molecular complexity index is 501. The molecule has 0 atom stereocenters. The first-order valence-electron chi connectivity index (χ1n) is 5.83. The maximum atomic E-state index is 12.0. The van der Waals surface area contributed by atoms with Gasteiger partial charge < -0.3 is 16.4 Å². The molecule has 0 aliphatic carbocycles. The van der Waals surface area contributed by atoms with Crippen LogP contribution in [0.2, 0.25) is 5.02 Å². The summed E-state index contributed by atoms with van der Waals surface area (Å²) in [7, 11) is 1.56. The number of anilines is 1. The van der Waals surface area contributed by atoms with Gasteiger partial charge in [-0.3, -0.25) is 9.59 Å². The summed E-state index contributed by atoms with van der Waals surface area (Å²) in [5.41, 5.74) is 5.70. The van der Waals surface area contributed by atoms with E-state index < -0.39 is 5.41 Å². The molecule has 0 spiro atoms. The van der Waals surface area contributed by atoms with Gasteiger partial charge in [-0.25, -0.2) is 0 Å². The Morgan fingerprint density at radius 1 is 1.37 bits per heavy atom. The Balaban J connectivity index is 2.73. The van der Waals surface area contributed by atoms with E-state index in [0.717, 1.165) is 0 Å². The Kier molecular flexibility index (Phi) is 4.78. The van der Waals surface area contributed by atoms with Crippen LogP contribution >= 0.6 is 11.6 Å². The maximum absolute atomic E-state index is 12.0. The van der Waals surface area contributed by atoms with Crippen LogP contribution in [-0.4, -0.2) is 25.4 Å². The van der Waals surface area contributed by atoms with Crippen molar-refractivity contribution in [2.24, 2.45) is 5.41 Å². The van der Waals surface area contributed by atoms with Gasteiger partial charge >= 0.3 is 0 Å². The molecule has 0 fully saturated rings. The first-order valence-corrected chi connectivity index (χ1v) is 6.21. The van der Waals surface area contributed by atoms with Crippen LogP contribution in [0.15, 0.2) is 18.2 Å². The van der Waals surface area contributed by atoms with Crippen LogP contribution in [0.1, 0.15) is 24.2 Å². The zero-order valence-electron chi connectivity index (χ0n) is 11.2. The largest absolute Gasteiger partial charge is 0.399 e. The van der Waals surface area contributed by atoms with Crippen LogP contribution < -0.4 is 16.4 Å². The second kappa shape index (κ2) is 5.93. The fraction of sp³-hybridized carbons (Fsp3) is 0.385. The third kappa shape index (κ3) is 3.86. The zero-order valence-corrected chi connectivity index (χ0v) is 12.0. The van der Waals surface area contributed by atoms with E-state index in [2.05, 4.69) is 10.6 Å². The van der Waals surface area contributed by atoms with Gasteiger partial charge in [-0.1, -0.05) is 11.6 Å². The lowest BCUT2D eigenvalue weighted by Gasteiger charge is -2.22. The predicted molar refractivity (Wildman–Crippen MR) is 76.0 cm³/mol. The SMILES string of the molecule is CNC(=O)C(C)(C)CNC(=O)c1ccc(N)cc1Cl. The quantitative estimate of drug-likeness (QED) is 0.731. The first-order chi connectivity index (χ1) is 8.77. The van der Waals surface area contributed by atoms with Gasteiger partial charge in [0.2, 0.25) is 5.91 Å². The van der Waals surface area contributed by atoms with Crippen LogP contribution in [0, 0.1) is 5.41 Å². The molecule has 1 aromatic carbocycles. The van der Waals surface area contributed by atoms with E-state index in [4.69, 9.17) is 17.3 Å². The van der Waals surface area contributed by atoms with E-state index in [0.29, 0.717) is 11.3 Å². The number of rotatable bonds is 4. The highest BCUT2D eigenvalue weighted by Crippen LogP contribution is 2.20. The summed E-state index contributed by atoms with van der Waals surface area (Å²) in [6.07, 6.45) is 0. The van der Waals surface area contributed by atoms with E-state index in [1.807, 2.05) is 0 Å². The highest BCUT2D eigenvalue weighted by molar-refractivity contribution is 6.34. The van der Waals surface area contributed by atoms with E-state index in [-0.39, 0.29) is 23.4 Å². The number of nitrogen functional groups attached to an aromatic ring is 1. The lowest BCUT2D eigenvalue weighted by Crippen LogP contribution is -2.43. The van der Waals surface area contributed by atoms with Crippen LogP contribution in [0.25, 0.3) is 0 Å². The lowest BCUT2D eigenvalue weighted by molar-refractivity contribution is -0.128. The van der Waals surface area contributed by atoms with Crippen molar-refractivity contribution in [2.75, 3.05) is 19.3 Å². The maximum Gasteiger partial charge on any atom is 0.252 e. The third-order valence-corrected chi connectivity index (χ3v) is 3.08. The molecular weight excluding hydrogens is 266 g/mol. The van der Waals surface area contributed by atoms with Crippen molar-refractivity contribution in [1.29, 1.82) is 0 Å². The van der Waals surface area contributed by atoms with E-state index >= 15 is 0 Å². The van der Waals surface area contributed by atoms with Crippen molar-refractivity contribution in [2.45, 2.75) is 13.8 Å². The number of carbonyl (C=O) groups excluding carboxylic acids is 2. The molecule has 0 saturated carbocycles. The number of hydrogen-bond donors (Lipinski definition) is 3. The van der Waals surface area contributed by atoms with Crippen LogP contribution in [0.3, 0.4) is 0 Å². The summed E-state index contributed by atoms with van der Waals surface area (Å²) < 4.78 is 0. The van der Waals surface area contributed by atoms with Gasteiger partial charge in [0.05, 0.1) is 16.0 Å². The van der Waals surface area contributed by atoms with Crippen molar-refractivity contribution in [3.8, 4) is 0 Å². The summed E-state index contributed by atoms with van der Waals surface area (Å²) in [5.74, 6) is -0.474. The minimum Gasteiger partial charge on any atom is -0.399 e. The van der Waals surface area contributed by atoms with E-state index in [1.165, 1.54) is 6.07 Å². The van der Waals surface area contributed by atoms with Gasteiger partial charge in [-0.05, 0) is 32.0 Å². The molecule has 0 aliphatic rings. The molecule has 5 nitrogen and oxygen atoms in total. The Morgan fingerprint density at radius 2 is 2.00 bits per heavy atom. The standard InChI is InChI=1S/C13H18ClN3O2/c1-13(2,12(19)16-3)7-17-11(18)9-5-4-8(15)6-10(9)14/h4-6H,7,15H2,1-3H3,(H,16,19)(H,17,18). The van der Waals surface area contributed by atoms with Gasteiger partial charge in [0.1, 0.15) is 0 Å². The van der Waals surface area contributed by atoms with Crippen molar-refractivity contribution < 1.29 is 9.59 Å². The smallest absolute Gasteiger partial charge is 0.252 e. The molecular formula is C13H18ClN3O2. The normalized spacial score (nSPS) is 10.9. The fourth-order valence-electron chi connectivity index (χ4n) is 1.53. The predicted octanol–water partition coefficient (Wildman–Crippen LogP) is 1.42. The minimum absolute atomic E-state index is 0.142. The molecule has 19 heavy (non-hydrogen) atoms. The number of benzene rings is 1. The molecule has 1 aromatic rings. The van der Waals surface area contributed by atoms with Gasteiger partial charge in [-0.2, -0.15) is 0 Å². The molecule has 0 heterocycles. The second-order valence-corrected chi connectivity index (χ2v) is 5.29. The molecule has 4 N–H and O–H groups in total. The van der Waals surface area contributed by atoms with E-state index in [1.54, 1.807) is 33.0 Å². The first kappa shape index (κ1) is 15.3. The summed E-state index contributed by atoms with van der Waals surface area (Å²) in [6, 6.07) is 4.67. The van der Waals surface area contributed by atoms with Gasteiger partial charge in [-0.15, -0.1) is 0 Å². The van der Waals surface area contributed by atoms with Gasteiger partial charge in [0, 0.05) is 19.3 Å². The molecule has 0 radical (unpaired) electrons. The number of nitrogens with two attached hydrogens (primary N) is 1. The average molecular weight is 284 g/mol. The third-order valence-electron chi connectivity index (χ3n) is 2.77. The second-order valence-electron chi connectivity index (χ2n) is 4.88. The molecule has 6 heteroatoms. The molecule has 1 rings (SSSR count). The van der Waals surface area contributed by atoms with Crippen molar-refractivity contribution >= 4 is 29.1 Å². The molecule has 104 valence electrons. The van der Waals surface area contributed by atoms with Crippen molar-refractivity contribution in [3.05, 3.63) is 28.8 Å². The zero-order chi connectivity index (χ0) is 14.6. The highest BCUT2D eigenvalue weighted by Gasteiger charge is 2.27. The summed E-state index contributed by atoms with van der Waals surface area (Å²) in [4.78, 5) is 23.6. The monoisotopic (exact) mass is 283 g/mol. The number of hydrogen-bond acceptors (Lipinski definition) is 3. The van der Waals surface area contributed by atoms with Crippen molar-refractivity contribution in [3.63, 3.8) is 0 Å². The number of amides is 2. The van der Waals surface area contributed by atoms with Crippen LogP contribution in [0.4, 0.5) is 5.69 Å². The molecule has 2 amide bonds. The van der Waals surface area contributed by atoms with Crippen LogP contribution in [-0.2, 0) is 4.79 Å². The Morgan fingerprint density at radius 3 is 2.53 bits per heavy atom. The molecule has 0 aromatic heterocycles. The number of halogens is 1. The average Bonchev–Trinajstić information content (AvgIpc) is 2.35. The molecule has 0 saturated heterocycles. The molecule has 0 unspecified atom stereocenters. The van der Waals surface area contributed by atoms with Crippen molar-refractivity contribution in [1.82, 2.24) is 10.6 Å².